The summed E-state index contributed by atoms with van der Waals surface area (Å²) < 4.78 is 0. The smallest absolute Gasteiger partial charge is 0.235 e. The summed E-state index contributed by atoms with van der Waals surface area (Å²) in [5.74, 6) is 1.07. The van der Waals surface area contributed by atoms with Gasteiger partial charge in [-0.25, -0.2) is 4.98 Å². The minimum atomic E-state index is -0.126. The van der Waals surface area contributed by atoms with Crippen LogP contribution >= 0.6 is 23.4 Å². The molecule has 1 aliphatic heterocycles. The number of nitrogens with one attached hydrogen (secondary N) is 1. The molecule has 1 amide bonds. The highest BCUT2D eigenvalue weighted by Gasteiger charge is 2.25. The predicted molar refractivity (Wildman–Crippen MR) is 116 cm³/mol. The second-order valence-electron chi connectivity index (χ2n) is 6.96. The summed E-state index contributed by atoms with van der Waals surface area (Å²) in [6, 6.07) is 15.7. The van der Waals surface area contributed by atoms with E-state index in [4.69, 9.17) is 16.6 Å². The van der Waals surface area contributed by atoms with Crippen molar-refractivity contribution in [1.29, 1.82) is 0 Å². The van der Waals surface area contributed by atoms with Gasteiger partial charge in [-0.05, 0) is 49.7 Å². The lowest BCUT2D eigenvalue weighted by molar-refractivity contribution is -0.130. The van der Waals surface area contributed by atoms with Crippen molar-refractivity contribution in [2.75, 3.05) is 31.1 Å². The van der Waals surface area contributed by atoms with Gasteiger partial charge in [0.1, 0.15) is 0 Å². The van der Waals surface area contributed by atoms with Crippen molar-refractivity contribution < 1.29 is 4.79 Å². The van der Waals surface area contributed by atoms with Crippen LogP contribution in [-0.2, 0) is 4.79 Å². The Labute approximate surface area is 174 Å². The zero-order chi connectivity index (χ0) is 19.5. The SMILES string of the molecule is CC(Sc1ccc(Cl)cc1)C(=O)N1CCCN(c2nc3ccccc3[nH]2)CC1. The van der Waals surface area contributed by atoms with Gasteiger partial charge in [0.05, 0.1) is 16.3 Å². The van der Waals surface area contributed by atoms with Crippen LogP contribution in [0.3, 0.4) is 0 Å². The minimum absolute atomic E-state index is 0.126. The molecule has 0 bridgehead atoms. The zero-order valence-electron chi connectivity index (χ0n) is 15.8. The number of imidazole rings is 1. The van der Waals surface area contributed by atoms with E-state index in [1.807, 2.05) is 60.4 Å². The van der Waals surface area contributed by atoms with E-state index in [9.17, 15) is 4.79 Å². The molecule has 1 atom stereocenters. The summed E-state index contributed by atoms with van der Waals surface area (Å²) in [6.45, 7) is 5.14. The molecule has 0 radical (unpaired) electrons. The summed E-state index contributed by atoms with van der Waals surface area (Å²) in [4.78, 5) is 26.3. The van der Waals surface area contributed by atoms with Gasteiger partial charge in [-0.3, -0.25) is 4.79 Å². The number of anilines is 1. The number of amides is 1. The number of thioether (sulfide) groups is 1. The number of hydrogen-bond donors (Lipinski definition) is 1. The maximum Gasteiger partial charge on any atom is 0.235 e. The molecule has 0 spiro atoms. The van der Waals surface area contributed by atoms with Crippen LogP contribution in [0.5, 0.6) is 0 Å². The number of aromatic nitrogens is 2. The molecule has 7 heteroatoms. The van der Waals surface area contributed by atoms with E-state index >= 15 is 0 Å². The highest BCUT2D eigenvalue weighted by molar-refractivity contribution is 8.00. The lowest BCUT2D eigenvalue weighted by atomic mass is 10.3. The second kappa shape index (κ2) is 8.45. The van der Waals surface area contributed by atoms with Gasteiger partial charge in [0, 0.05) is 36.1 Å². The molecule has 0 saturated carbocycles. The highest BCUT2D eigenvalue weighted by Crippen LogP contribution is 2.26. The van der Waals surface area contributed by atoms with Gasteiger partial charge >= 0.3 is 0 Å². The summed E-state index contributed by atoms with van der Waals surface area (Å²) in [5, 5.41) is 0.584. The van der Waals surface area contributed by atoms with Crippen LogP contribution in [-0.4, -0.2) is 52.2 Å². The summed E-state index contributed by atoms with van der Waals surface area (Å²) in [6.07, 6.45) is 0.932. The Morgan fingerprint density at radius 2 is 1.89 bits per heavy atom. The fourth-order valence-electron chi connectivity index (χ4n) is 3.46. The highest BCUT2D eigenvalue weighted by atomic mass is 35.5. The molecule has 146 valence electrons. The topological polar surface area (TPSA) is 52.2 Å². The second-order valence-corrected chi connectivity index (χ2v) is 8.81. The molecule has 1 saturated heterocycles. The molecule has 4 rings (SSSR count). The van der Waals surface area contributed by atoms with Gasteiger partial charge in [-0.1, -0.05) is 23.7 Å². The fraction of sp³-hybridized carbons (Fsp3) is 0.333. The molecular formula is C21H23ClN4OS. The van der Waals surface area contributed by atoms with Crippen LogP contribution in [0.25, 0.3) is 11.0 Å². The number of para-hydroxylation sites is 2. The molecule has 1 fully saturated rings. The molecule has 5 nitrogen and oxygen atoms in total. The number of halogens is 1. The van der Waals surface area contributed by atoms with E-state index in [0.29, 0.717) is 11.6 Å². The molecule has 1 aliphatic rings. The maximum atomic E-state index is 12.9. The van der Waals surface area contributed by atoms with Crippen molar-refractivity contribution in [1.82, 2.24) is 14.9 Å². The quantitative estimate of drug-likeness (QED) is 0.641. The Bertz CT molecular complexity index is 925. The van der Waals surface area contributed by atoms with Crippen molar-refractivity contribution in [3.05, 3.63) is 53.6 Å². The maximum absolute atomic E-state index is 12.9. The zero-order valence-corrected chi connectivity index (χ0v) is 17.3. The first-order valence-electron chi connectivity index (χ1n) is 9.51. The Balaban J connectivity index is 1.38. The average molecular weight is 415 g/mol. The van der Waals surface area contributed by atoms with Crippen molar-refractivity contribution >= 4 is 46.3 Å². The number of aromatic amines is 1. The Kier molecular flexibility index (Phi) is 5.78. The molecule has 1 N–H and O–H groups in total. The Morgan fingerprint density at radius 1 is 1.11 bits per heavy atom. The van der Waals surface area contributed by atoms with Crippen LogP contribution in [0.2, 0.25) is 5.02 Å². The van der Waals surface area contributed by atoms with Crippen LogP contribution in [0.15, 0.2) is 53.4 Å². The molecule has 28 heavy (non-hydrogen) atoms. The van der Waals surface area contributed by atoms with E-state index in [2.05, 4.69) is 9.88 Å². The number of carbonyl (C=O) groups is 1. The third-order valence-corrected chi connectivity index (χ3v) is 6.31. The minimum Gasteiger partial charge on any atom is -0.341 e. The van der Waals surface area contributed by atoms with E-state index in [0.717, 1.165) is 47.9 Å². The van der Waals surface area contributed by atoms with Gasteiger partial charge in [0.2, 0.25) is 11.9 Å². The predicted octanol–water partition coefficient (Wildman–Crippen LogP) is 4.44. The number of rotatable bonds is 4. The van der Waals surface area contributed by atoms with Gasteiger partial charge < -0.3 is 14.8 Å². The van der Waals surface area contributed by atoms with Gasteiger partial charge in [0.25, 0.3) is 0 Å². The van der Waals surface area contributed by atoms with Crippen LogP contribution < -0.4 is 4.90 Å². The number of H-pyrrole nitrogens is 1. The average Bonchev–Trinajstić information content (AvgIpc) is 2.98. The normalized spacial score (nSPS) is 16.2. The third-order valence-electron chi connectivity index (χ3n) is 4.96. The molecule has 3 aromatic rings. The van der Waals surface area contributed by atoms with Crippen LogP contribution in [0, 0.1) is 0 Å². The summed E-state index contributed by atoms with van der Waals surface area (Å²) in [5.41, 5.74) is 2.02. The first kappa shape index (κ1) is 19.2. The summed E-state index contributed by atoms with van der Waals surface area (Å²) in [7, 11) is 0. The number of fused-ring (bicyclic) bond motifs is 1. The molecule has 0 aliphatic carbocycles. The van der Waals surface area contributed by atoms with E-state index in [1.54, 1.807) is 11.8 Å². The third kappa shape index (κ3) is 4.28. The molecule has 2 aromatic carbocycles. The molecule has 1 unspecified atom stereocenters. The van der Waals surface area contributed by atoms with E-state index in [-0.39, 0.29) is 11.2 Å². The standard InChI is InChI=1S/C21H23ClN4OS/c1-15(28-17-9-7-16(22)8-10-17)20(27)25-11-4-12-26(14-13-25)21-23-18-5-2-3-6-19(18)24-21/h2-3,5-10,15H,4,11-14H2,1H3,(H,23,24). The van der Waals surface area contributed by atoms with Gasteiger partial charge in [-0.2, -0.15) is 0 Å². The van der Waals surface area contributed by atoms with Gasteiger partial charge in [-0.15, -0.1) is 11.8 Å². The van der Waals surface area contributed by atoms with Crippen molar-refractivity contribution in [2.24, 2.45) is 0 Å². The first-order valence-corrected chi connectivity index (χ1v) is 10.8. The van der Waals surface area contributed by atoms with Crippen LogP contribution in [0.1, 0.15) is 13.3 Å². The van der Waals surface area contributed by atoms with Crippen molar-refractivity contribution in [3.63, 3.8) is 0 Å². The number of benzene rings is 2. The van der Waals surface area contributed by atoms with E-state index < -0.39 is 0 Å². The monoisotopic (exact) mass is 414 g/mol. The Morgan fingerprint density at radius 3 is 2.68 bits per heavy atom. The lowest BCUT2D eigenvalue weighted by Crippen LogP contribution is -2.39. The number of hydrogen-bond acceptors (Lipinski definition) is 4. The molecule has 2 heterocycles. The number of carbonyl (C=O) groups excluding carboxylic acids is 1. The van der Waals surface area contributed by atoms with Crippen molar-refractivity contribution in [3.8, 4) is 0 Å². The Hall–Kier alpha value is -2.18. The van der Waals surface area contributed by atoms with Gasteiger partial charge in [0.15, 0.2) is 0 Å². The summed E-state index contributed by atoms with van der Waals surface area (Å²) >= 11 is 7.52. The first-order chi connectivity index (χ1) is 13.6. The van der Waals surface area contributed by atoms with E-state index in [1.165, 1.54) is 0 Å². The number of nitrogens with zero attached hydrogens (tertiary/aromatic N) is 3. The molecular weight excluding hydrogens is 392 g/mol. The van der Waals surface area contributed by atoms with Crippen molar-refractivity contribution in [2.45, 2.75) is 23.5 Å². The molecule has 1 aromatic heterocycles. The largest absolute Gasteiger partial charge is 0.341 e. The fourth-order valence-corrected chi connectivity index (χ4v) is 4.54. The van der Waals surface area contributed by atoms with Crippen LogP contribution in [0.4, 0.5) is 5.95 Å². The lowest BCUT2D eigenvalue weighted by Gasteiger charge is -2.24.